The average Bonchev–Trinajstić information content (AvgIpc) is 3.49. The Morgan fingerprint density at radius 2 is 1.81 bits per heavy atom. The Labute approximate surface area is 251 Å². The molecular weight excluding hydrogens is 570 g/mol. The first-order valence-corrected chi connectivity index (χ1v) is 14.7. The van der Waals surface area contributed by atoms with Gasteiger partial charge in [-0.05, 0) is 61.4 Å². The molecular formula is C33H28ClN3O4S. The van der Waals surface area contributed by atoms with Gasteiger partial charge in [0.2, 0.25) is 0 Å². The van der Waals surface area contributed by atoms with Crippen molar-refractivity contribution in [3.8, 4) is 5.75 Å². The third-order valence-electron chi connectivity index (χ3n) is 7.36. The highest BCUT2D eigenvalue weighted by atomic mass is 35.5. The standard InChI is InChI=1S/C33H28ClN3O4S/c1-4-41-32(39)29-20(2)35-33-37(30(29)21-13-15-25(40-3)16-14-21)31(38)28(42-33)18-24-17-22-9-6-8-12-27(22)36(24)19-23-10-5-7-11-26(23)34/h5-18,30H,4,19H2,1-3H3/b28-18+/t30-/m0/s1. The monoisotopic (exact) mass is 597 g/mol. The van der Waals surface area contributed by atoms with Crippen molar-refractivity contribution in [3.05, 3.63) is 132 Å². The molecule has 7 nitrogen and oxygen atoms in total. The van der Waals surface area contributed by atoms with Crippen LogP contribution < -0.4 is 19.6 Å². The number of benzene rings is 3. The first-order chi connectivity index (χ1) is 20.4. The van der Waals surface area contributed by atoms with Gasteiger partial charge in [-0.15, -0.1) is 0 Å². The van der Waals surface area contributed by atoms with Crippen LogP contribution in [0.2, 0.25) is 5.02 Å². The van der Waals surface area contributed by atoms with E-state index in [1.54, 1.807) is 25.5 Å². The summed E-state index contributed by atoms with van der Waals surface area (Å²) in [6, 6.07) is 24.6. The number of carbonyl (C=O) groups excluding carboxylic acids is 1. The molecule has 1 aliphatic heterocycles. The van der Waals surface area contributed by atoms with Gasteiger partial charge in [0.25, 0.3) is 5.56 Å². The van der Waals surface area contributed by atoms with E-state index in [1.807, 2.05) is 66.7 Å². The van der Waals surface area contributed by atoms with Crippen LogP contribution in [0.4, 0.5) is 0 Å². The second-order valence-electron chi connectivity index (χ2n) is 9.88. The van der Waals surface area contributed by atoms with Crippen LogP contribution in [0.5, 0.6) is 5.75 Å². The molecule has 2 aromatic heterocycles. The number of rotatable bonds is 7. The van der Waals surface area contributed by atoms with Crippen molar-refractivity contribution in [1.82, 2.24) is 9.13 Å². The molecule has 6 rings (SSSR count). The number of hydrogen-bond acceptors (Lipinski definition) is 6. The molecule has 5 aromatic rings. The lowest BCUT2D eigenvalue weighted by Crippen LogP contribution is -2.40. The van der Waals surface area contributed by atoms with Gasteiger partial charge >= 0.3 is 5.97 Å². The van der Waals surface area contributed by atoms with Crippen molar-refractivity contribution >= 4 is 45.9 Å². The Kier molecular flexibility index (Phi) is 7.58. The molecule has 0 saturated heterocycles. The van der Waals surface area contributed by atoms with Gasteiger partial charge in [0.15, 0.2) is 4.80 Å². The third kappa shape index (κ3) is 4.97. The lowest BCUT2D eigenvalue weighted by atomic mass is 9.96. The van der Waals surface area contributed by atoms with E-state index in [1.165, 1.54) is 11.3 Å². The highest BCUT2D eigenvalue weighted by Gasteiger charge is 2.33. The van der Waals surface area contributed by atoms with Gasteiger partial charge in [0.1, 0.15) is 5.75 Å². The Morgan fingerprint density at radius 3 is 2.55 bits per heavy atom. The minimum atomic E-state index is -0.692. The highest BCUT2D eigenvalue weighted by Crippen LogP contribution is 2.32. The Hall–Kier alpha value is -4.40. The average molecular weight is 598 g/mol. The topological polar surface area (TPSA) is 74.8 Å². The summed E-state index contributed by atoms with van der Waals surface area (Å²) in [5.74, 6) is 0.185. The zero-order valence-electron chi connectivity index (χ0n) is 23.3. The van der Waals surface area contributed by atoms with Crippen molar-refractivity contribution in [2.24, 2.45) is 4.99 Å². The van der Waals surface area contributed by atoms with E-state index in [2.05, 4.69) is 22.8 Å². The SMILES string of the molecule is CCOC(=O)C1=C(C)N=c2s/c(=C/c3cc4ccccc4n3Cc3ccccc3Cl)c(=O)n2[C@H]1c1ccc(OC)cc1. The number of methoxy groups -OCH3 is 1. The molecule has 212 valence electrons. The Morgan fingerprint density at radius 1 is 1.07 bits per heavy atom. The number of allylic oxidation sites excluding steroid dienone is 1. The van der Waals surface area contributed by atoms with Crippen molar-refractivity contribution in [3.63, 3.8) is 0 Å². The largest absolute Gasteiger partial charge is 0.497 e. The molecule has 0 spiro atoms. The Balaban J connectivity index is 1.54. The molecule has 0 amide bonds. The first kappa shape index (κ1) is 27.8. The maximum absolute atomic E-state index is 14.1. The minimum absolute atomic E-state index is 0.214. The molecule has 3 heterocycles. The van der Waals surface area contributed by atoms with E-state index in [0.717, 1.165) is 27.7 Å². The molecule has 0 aliphatic carbocycles. The molecule has 0 radical (unpaired) electrons. The summed E-state index contributed by atoms with van der Waals surface area (Å²) in [7, 11) is 1.59. The summed E-state index contributed by atoms with van der Waals surface area (Å²) in [6.07, 6.45) is 1.90. The van der Waals surface area contributed by atoms with Gasteiger partial charge < -0.3 is 14.0 Å². The van der Waals surface area contributed by atoms with Gasteiger partial charge in [0, 0.05) is 28.2 Å². The molecule has 1 atom stereocenters. The van der Waals surface area contributed by atoms with Gasteiger partial charge in [-0.3, -0.25) is 9.36 Å². The zero-order chi connectivity index (χ0) is 29.4. The number of para-hydroxylation sites is 1. The highest BCUT2D eigenvalue weighted by molar-refractivity contribution is 7.07. The van der Waals surface area contributed by atoms with Crippen LogP contribution in [-0.2, 0) is 16.1 Å². The molecule has 0 fully saturated rings. The number of ether oxygens (including phenoxy) is 2. The molecule has 9 heteroatoms. The first-order valence-electron chi connectivity index (χ1n) is 13.5. The Bertz CT molecular complexity index is 2040. The van der Waals surface area contributed by atoms with Crippen LogP contribution in [0.25, 0.3) is 17.0 Å². The van der Waals surface area contributed by atoms with Gasteiger partial charge in [0.05, 0.1) is 35.6 Å². The van der Waals surface area contributed by atoms with Crippen LogP contribution in [-0.4, -0.2) is 28.8 Å². The maximum atomic E-state index is 14.1. The number of fused-ring (bicyclic) bond motifs is 2. The van der Waals surface area contributed by atoms with Crippen LogP contribution in [0.15, 0.2) is 99.9 Å². The van der Waals surface area contributed by atoms with E-state index in [9.17, 15) is 9.59 Å². The van der Waals surface area contributed by atoms with E-state index >= 15 is 0 Å². The molecule has 0 N–H and O–H groups in total. The molecule has 3 aromatic carbocycles. The number of nitrogens with zero attached hydrogens (tertiary/aromatic N) is 3. The fourth-order valence-electron chi connectivity index (χ4n) is 5.35. The summed E-state index contributed by atoms with van der Waals surface area (Å²) in [4.78, 5) is 32.5. The number of aromatic nitrogens is 2. The van der Waals surface area contributed by atoms with Crippen molar-refractivity contribution in [2.45, 2.75) is 26.4 Å². The van der Waals surface area contributed by atoms with Crippen LogP contribution in [0.1, 0.15) is 36.7 Å². The van der Waals surface area contributed by atoms with Gasteiger partial charge in [-0.2, -0.15) is 0 Å². The quantitative estimate of drug-likeness (QED) is 0.233. The third-order valence-corrected chi connectivity index (χ3v) is 8.71. The second kappa shape index (κ2) is 11.5. The van der Waals surface area contributed by atoms with Crippen LogP contribution in [0.3, 0.4) is 0 Å². The predicted octanol–water partition coefficient (Wildman–Crippen LogP) is 5.46. The van der Waals surface area contributed by atoms with Crippen LogP contribution >= 0.6 is 22.9 Å². The lowest BCUT2D eigenvalue weighted by molar-refractivity contribution is -0.139. The van der Waals surface area contributed by atoms with Crippen molar-refractivity contribution < 1.29 is 14.3 Å². The normalized spacial score (nSPS) is 15.0. The molecule has 0 unspecified atom stereocenters. The van der Waals surface area contributed by atoms with Gasteiger partial charge in [-0.1, -0.05) is 71.5 Å². The molecule has 0 saturated carbocycles. The van der Waals surface area contributed by atoms with E-state index in [0.29, 0.717) is 37.9 Å². The smallest absolute Gasteiger partial charge is 0.338 e. The van der Waals surface area contributed by atoms with Crippen molar-refractivity contribution in [1.29, 1.82) is 0 Å². The van der Waals surface area contributed by atoms with Gasteiger partial charge in [-0.25, -0.2) is 9.79 Å². The fraction of sp³-hybridized carbons (Fsp3) is 0.182. The molecule has 42 heavy (non-hydrogen) atoms. The number of hydrogen-bond donors (Lipinski definition) is 0. The summed E-state index contributed by atoms with van der Waals surface area (Å²) in [6.45, 7) is 4.29. The lowest BCUT2D eigenvalue weighted by Gasteiger charge is -2.24. The fourth-order valence-corrected chi connectivity index (χ4v) is 6.58. The summed E-state index contributed by atoms with van der Waals surface area (Å²) in [5, 5.41) is 1.74. The number of esters is 1. The van der Waals surface area contributed by atoms with E-state index in [4.69, 9.17) is 26.1 Å². The summed E-state index contributed by atoms with van der Waals surface area (Å²) < 4.78 is 15.0. The van der Waals surface area contributed by atoms with Crippen LogP contribution in [0, 0.1) is 0 Å². The number of thiazole rings is 1. The maximum Gasteiger partial charge on any atom is 0.338 e. The second-order valence-corrected chi connectivity index (χ2v) is 11.3. The van der Waals surface area contributed by atoms with E-state index in [-0.39, 0.29) is 12.2 Å². The molecule has 1 aliphatic rings. The predicted molar refractivity (Wildman–Crippen MR) is 166 cm³/mol. The number of halogens is 1. The minimum Gasteiger partial charge on any atom is -0.497 e. The summed E-state index contributed by atoms with van der Waals surface area (Å²) >= 11 is 7.83. The number of carbonyl (C=O) groups is 1. The summed E-state index contributed by atoms with van der Waals surface area (Å²) in [5.41, 5.74) is 4.27. The zero-order valence-corrected chi connectivity index (χ0v) is 24.9. The molecule has 0 bridgehead atoms. The van der Waals surface area contributed by atoms with Crippen molar-refractivity contribution in [2.75, 3.05) is 13.7 Å². The van der Waals surface area contributed by atoms with E-state index < -0.39 is 12.0 Å².